The molecule has 1 saturated carbocycles. The Balaban J connectivity index is 1.47. The van der Waals surface area contributed by atoms with E-state index in [1.807, 2.05) is 20.9 Å². The summed E-state index contributed by atoms with van der Waals surface area (Å²) < 4.78 is 41.4. The maximum Gasteiger partial charge on any atom is 0.421 e. The highest BCUT2D eigenvalue weighted by Gasteiger charge is 2.39. The van der Waals surface area contributed by atoms with Crippen LogP contribution in [0.15, 0.2) is 30.5 Å². The van der Waals surface area contributed by atoms with E-state index in [1.165, 1.54) is 0 Å². The monoisotopic (exact) mass is 561 g/mol. The molecule has 12 heteroatoms. The predicted octanol–water partition coefficient (Wildman–Crippen LogP) is 4.51. The fraction of sp³-hybridized carbons (Fsp3) is 0.571. The fourth-order valence-electron chi connectivity index (χ4n) is 5.35. The minimum absolute atomic E-state index is 0.0285. The Kier molecular flexibility index (Phi) is 9.17. The molecule has 1 aromatic heterocycles. The van der Waals surface area contributed by atoms with Crippen LogP contribution >= 0.6 is 0 Å². The van der Waals surface area contributed by atoms with E-state index >= 15 is 0 Å². The van der Waals surface area contributed by atoms with Gasteiger partial charge in [-0.1, -0.05) is 6.42 Å². The van der Waals surface area contributed by atoms with Gasteiger partial charge in [0, 0.05) is 42.6 Å². The first kappa shape index (κ1) is 29.6. The summed E-state index contributed by atoms with van der Waals surface area (Å²) in [6, 6.07) is 6.34. The summed E-state index contributed by atoms with van der Waals surface area (Å²) in [7, 11) is 3.89. The van der Waals surface area contributed by atoms with Crippen molar-refractivity contribution >= 4 is 29.3 Å². The number of nitrogens with zero attached hydrogens (tertiary/aromatic N) is 4. The minimum atomic E-state index is -4.67. The molecule has 2 aliphatic rings. The van der Waals surface area contributed by atoms with Crippen molar-refractivity contribution in [3.63, 3.8) is 0 Å². The summed E-state index contributed by atoms with van der Waals surface area (Å²) in [6.45, 7) is 5.58. The molecule has 1 aromatic carbocycles. The van der Waals surface area contributed by atoms with E-state index in [1.54, 1.807) is 29.2 Å². The van der Waals surface area contributed by atoms with Gasteiger partial charge in [0.2, 0.25) is 11.9 Å². The van der Waals surface area contributed by atoms with E-state index < -0.39 is 23.7 Å². The highest BCUT2D eigenvalue weighted by molar-refractivity contribution is 5.94. The first-order chi connectivity index (χ1) is 18.9. The zero-order valence-electron chi connectivity index (χ0n) is 23.4. The quantitative estimate of drug-likeness (QED) is 0.436. The van der Waals surface area contributed by atoms with Gasteiger partial charge in [0.15, 0.2) is 0 Å². The van der Waals surface area contributed by atoms with Crippen molar-refractivity contribution in [2.45, 2.75) is 70.3 Å². The van der Waals surface area contributed by atoms with Crippen LogP contribution in [0.1, 0.15) is 61.9 Å². The number of anilines is 3. The zero-order valence-corrected chi connectivity index (χ0v) is 23.4. The average Bonchev–Trinajstić information content (AvgIpc) is 3.36. The van der Waals surface area contributed by atoms with Gasteiger partial charge in [0.1, 0.15) is 11.4 Å². The van der Waals surface area contributed by atoms with Crippen LogP contribution in [0.25, 0.3) is 0 Å². The number of hydrogen-bond donors (Lipinski definition) is 3. The van der Waals surface area contributed by atoms with E-state index in [0.29, 0.717) is 24.1 Å². The smallest absolute Gasteiger partial charge is 0.366 e. The normalized spacial score (nSPS) is 20.4. The van der Waals surface area contributed by atoms with Crippen LogP contribution in [0.4, 0.5) is 30.6 Å². The van der Waals surface area contributed by atoms with E-state index in [2.05, 4.69) is 37.9 Å². The lowest BCUT2D eigenvalue weighted by atomic mass is 10.0. The molecule has 2 amide bonds. The second-order valence-electron chi connectivity index (χ2n) is 11.1. The third kappa shape index (κ3) is 7.21. The number of aromatic nitrogens is 2. The van der Waals surface area contributed by atoms with Crippen molar-refractivity contribution in [1.82, 2.24) is 25.1 Å². The van der Waals surface area contributed by atoms with Crippen LogP contribution in [-0.4, -0.2) is 76.9 Å². The molecule has 1 unspecified atom stereocenters. The molecule has 0 spiro atoms. The lowest BCUT2D eigenvalue weighted by molar-refractivity contribution is -0.137. The number of benzene rings is 1. The molecule has 1 aliphatic carbocycles. The molecule has 2 aromatic rings. The Bertz CT molecular complexity index is 1180. The number of halogens is 3. The lowest BCUT2D eigenvalue weighted by Crippen LogP contribution is -2.44. The van der Waals surface area contributed by atoms with Gasteiger partial charge in [-0.3, -0.25) is 9.59 Å². The molecule has 1 saturated heterocycles. The first-order valence-corrected chi connectivity index (χ1v) is 13.8. The molecule has 40 heavy (non-hydrogen) atoms. The standard InChI is InChI=1S/C28H38F3N7O2/c1-17(2)33-25(39)21-6-5-7-23(21)35-24-22(28(29,30)31)16-32-27(36-24)34-19-10-8-18(9-11-19)26(40)38(4)20-12-14-37(3)15-13-20/h8-11,16-17,20-21,23H,5-7,12-15H2,1-4H3,(H,33,39)(H2,32,34,35,36)/t21-,23?/m0/s1. The van der Waals surface area contributed by atoms with Crippen molar-refractivity contribution in [3.05, 3.63) is 41.6 Å². The maximum atomic E-state index is 13.8. The van der Waals surface area contributed by atoms with Crippen molar-refractivity contribution in [2.75, 3.05) is 37.8 Å². The van der Waals surface area contributed by atoms with Crippen LogP contribution in [0.2, 0.25) is 0 Å². The number of carbonyl (C=O) groups excluding carboxylic acids is 2. The number of hydrogen-bond acceptors (Lipinski definition) is 7. The largest absolute Gasteiger partial charge is 0.421 e. The van der Waals surface area contributed by atoms with Gasteiger partial charge in [0.25, 0.3) is 5.91 Å². The molecule has 0 radical (unpaired) electrons. The van der Waals surface area contributed by atoms with Gasteiger partial charge in [-0.25, -0.2) is 4.98 Å². The van der Waals surface area contributed by atoms with Crippen LogP contribution in [0.5, 0.6) is 0 Å². The van der Waals surface area contributed by atoms with Gasteiger partial charge in [-0.05, 0) is 83.9 Å². The van der Waals surface area contributed by atoms with Crippen LogP contribution in [0.3, 0.4) is 0 Å². The van der Waals surface area contributed by atoms with Crippen LogP contribution in [-0.2, 0) is 11.0 Å². The molecule has 9 nitrogen and oxygen atoms in total. The molecule has 1 aliphatic heterocycles. The molecule has 2 heterocycles. The van der Waals surface area contributed by atoms with Crippen molar-refractivity contribution in [2.24, 2.45) is 5.92 Å². The zero-order chi connectivity index (χ0) is 29.0. The molecule has 4 rings (SSSR count). The Morgan fingerprint density at radius 3 is 2.38 bits per heavy atom. The summed E-state index contributed by atoms with van der Waals surface area (Å²) in [5.41, 5.74) is 0.0553. The second-order valence-corrected chi connectivity index (χ2v) is 11.1. The van der Waals surface area contributed by atoms with Crippen molar-refractivity contribution in [1.29, 1.82) is 0 Å². The summed E-state index contributed by atoms with van der Waals surface area (Å²) in [5.74, 6) is -1.11. The first-order valence-electron chi connectivity index (χ1n) is 13.8. The van der Waals surface area contributed by atoms with E-state index in [0.717, 1.165) is 38.5 Å². The molecular weight excluding hydrogens is 523 g/mol. The molecule has 0 bridgehead atoms. The van der Waals surface area contributed by atoms with Gasteiger partial charge in [0.05, 0.1) is 5.92 Å². The van der Waals surface area contributed by atoms with Crippen LogP contribution < -0.4 is 16.0 Å². The minimum Gasteiger partial charge on any atom is -0.366 e. The summed E-state index contributed by atoms with van der Waals surface area (Å²) in [4.78, 5) is 37.7. The third-order valence-electron chi connectivity index (χ3n) is 7.64. The van der Waals surface area contributed by atoms with E-state index in [4.69, 9.17) is 0 Å². The molecule has 2 fully saturated rings. The molecule has 2 atom stereocenters. The van der Waals surface area contributed by atoms with Crippen molar-refractivity contribution in [3.8, 4) is 0 Å². The molecular formula is C28H38F3N7O2. The Hall–Kier alpha value is -3.41. The predicted molar refractivity (Wildman–Crippen MR) is 147 cm³/mol. The summed E-state index contributed by atoms with van der Waals surface area (Å²) >= 11 is 0. The number of likely N-dealkylation sites (tertiary alicyclic amines) is 1. The Morgan fingerprint density at radius 2 is 1.75 bits per heavy atom. The topological polar surface area (TPSA) is 102 Å². The highest BCUT2D eigenvalue weighted by Crippen LogP contribution is 2.37. The van der Waals surface area contributed by atoms with Gasteiger partial charge in [-0.15, -0.1) is 0 Å². The number of rotatable bonds is 8. The fourth-order valence-corrected chi connectivity index (χ4v) is 5.35. The van der Waals surface area contributed by atoms with Crippen molar-refractivity contribution < 1.29 is 22.8 Å². The van der Waals surface area contributed by atoms with E-state index in [-0.39, 0.29) is 35.7 Å². The number of amides is 2. The van der Waals surface area contributed by atoms with E-state index in [9.17, 15) is 22.8 Å². The second kappa shape index (κ2) is 12.4. The number of alkyl halides is 3. The van der Waals surface area contributed by atoms with Gasteiger partial charge < -0.3 is 25.8 Å². The highest BCUT2D eigenvalue weighted by atomic mass is 19.4. The Labute approximate surface area is 232 Å². The van der Waals surface area contributed by atoms with Gasteiger partial charge >= 0.3 is 6.18 Å². The summed E-state index contributed by atoms with van der Waals surface area (Å²) in [6.07, 6.45) is -0.216. The third-order valence-corrected chi connectivity index (χ3v) is 7.64. The Morgan fingerprint density at radius 1 is 1.07 bits per heavy atom. The number of piperidine rings is 1. The van der Waals surface area contributed by atoms with Crippen LogP contribution in [0, 0.1) is 5.92 Å². The lowest BCUT2D eigenvalue weighted by Gasteiger charge is -2.35. The molecule has 218 valence electrons. The molecule has 3 N–H and O–H groups in total. The van der Waals surface area contributed by atoms with Gasteiger partial charge in [-0.2, -0.15) is 18.2 Å². The number of carbonyl (C=O) groups is 2. The SMILES string of the molecule is CC(C)NC(=O)[C@H]1CCCC1Nc1nc(Nc2ccc(C(=O)N(C)C3CCN(C)CC3)cc2)ncc1C(F)(F)F. The average molecular weight is 562 g/mol. The number of nitrogens with one attached hydrogen (secondary N) is 3. The maximum absolute atomic E-state index is 13.8. The summed E-state index contributed by atoms with van der Waals surface area (Å²) in [5, 5.41) is 8.68.